The Balaban J connectivity index is 1.76. The first-order valence-corrected chi connectivity index (χ1v) is 8.68. The van der Waals surface area contributed by atoms with Gasteiger partial charge < -0.3 is 9.73 Å². The average molecular weight is 371 g/mol. The van der Waals surface area contributed by atoms with Gasteiger partial charge in [-0.25, -0.2) is 0 Å². The van der Waals surface area contributed by atoms with E-state index in [0.717, 1.165) is 11.1 Å². The van der Waals surface area contributed by atoms with Crippen molar-refractivity contribution in [3.63, 3.8) is 0 Å². The summed E-state index contributed by atoms with van der Waals surface area (Å²) in [6.07, 6.45) is 3.15. The van der Waals surface area contributed by atoms with Gasteiger partial charge in [-0.1, -0.05) is 42.5 Å². The number of aromatic nitrogens is 4. The van der Waals surface area contributed by atoms with Crippen LogP contribution in [-0.4, -0.2) is 26.1 Å². The van der Waals surface area contributed by atoms with E-state index in [1.165, 1.54) is 4.68 Å². The van der Waals surface area contributed by atoms with Crippen LogP contribution in [0.4, 0.5) is 5.69 Å². The van der Waals surface area contributed by atoms with Gasteiger partial charge in [0.05, 0.1) is 6.26 Å². The molecule has 138 valence electrons. The van der Waals surface area contributed by atoms with Gasteiger partial charge >= 0.3 is 0 Å². The van der Waals surface area contributed by atoms with Crippen LogP contribution in [0.5, 0.6) is 0 Å². The zero-order valence-corrected chi connectivity index (χ0v) is 15.1. The number of nitrogens with zero attached hydrogens (tertiary/aromatic N) is 4. The van der Waals surface area contributed by atoms with Crippen molar-refractivity contribution < 1.29 is 9.21 Å². The number of anilines is 1. The van der Waals surface area contributed by atoms with E-state index in [2.05, 4.69) is 20.8 Å². The zero-order chi connectivity index (χ0) is 19.3. The maximum absolute atomic E-state index is 13.1. The summed E-state index contributed by atoms with van der Waals surface area (Å²) in [6, 6.07) is 20.5. The fourth-order valence-electron chi connectivity index (χ4n) is 2.77. The highest BCUT2D eigenvalue weighted by Crippen LogP contribution is 2.22. The van der Waals surface area contributed by atoms with E-state index >= 15 is 0 Å². The topological polar surface area (TPSA) is 85.8 Å². The molecule has 0 saturated heterocycles. The van der Waals surface area contributed by atoms with Gasteiger partial charge in [-0.15, -0.1) is 5.10 Å². The first-order valence-electron chi connectivity index (χ1n) is 8.68. The number of amides is 1. The number of nitrogens with one attached hydrogen (secondary N) is 1. The summed E-state index contributed by atoms with van der Waals surface area (Å²) in [7, 11) is 0. The summed E-state index contributed by atoms with van der Waals surface area (Å²) >= 11 is 0. The van der Waals surface area contributed by atoms with Crippen LogP contribution < -0.4 is 5.32 Å². The number of rotatable bonds is 5. The predicted octanol–water partition coefficient (Wildman–Crippen LogP) is 3.88. The lowest BCUT2D eigenvalue weighted by Gasteiger charge is -2.11. The van der Waals surface area contributed by atoms with E-state index in [1.54, 1.807) is 24.5 Å². The van der Waals surface area contributed by atoms with Gasteiger partial charge in [0.15, 0.2) is 5.82 Å². The van der Waals surface area contributed by atoms with Crippen molar-refractivity contribution in [2.24, 2.45) is 0 Å². The highest BCUT2D eigenvalue weighted by Gasteiger charge is 2.20. The van der Waals surface area contributed by atoms with Crippen molar-refractivity contribution in [1.29, 1.82) is 0 Å². The fourth-order valence-corrected chi connectivity index (χ4v) is 2.77. The normalized spacial score (nSPS) is 11.4. The number of furan rings is 1. The second kappa shape index (κ2) is 7.71. The molecule has 1 N–H and O–H groups in total. The van der Waals surface area contributed by atoms with Gasteiger partial charge in [0.2, 0.25) is 0 Å². The van der Waals surface area contributed by atoms with E-state index in [0.29, 0.717) is 17.3 Å². The molecule has 0 spiro atoms. The number of hydrogen-bond donors (Lipinski definition) is 1. The number of benzene rings is 2. The van der Waals surface area contributed by atoms with Gasteiger partial charge in [-0.2, -0.15) is 4.68 Å². The number of aryl methyl sites for hydroxylation is 1. The van der Waals surface area contributed by atoms with Crippen LogP contribution >= 0.6 is 0 Å². The van der Waals surface area contributed by atoms with Crippen molar-refractivity contribution in [3.8, 4) is 11.4 Å². The van der Waals surface area contributed by atoms with Gasteiger partial charge in [0.25, 0.3) is 5.91 Å². The molecule has 0 aliphatic rings. The summed E-state index contributed by atoms with van der Waals surface area (Å²) < 4.78 is 6.79. The van der Waals surface area contributed by atoms with Crippen LogP contribution in [0.2, 0.25) is 0 Å². The average Bonchev–Trinajstić information content (AvgIpc) is 3.38. The van der Waals surface area contributed by atoms with Gasteiger partial charge in [0.1, 0.15) is 11.5 Å². The third kappa shape index (κ3) is 3.73. The fraction of sp³-hybridized carbons (Fsp3) is 0.0476. The van der Waals surface area contributed by atoms with Crippen LogP contribution in [0.3, 0.4) is 0 Å². The molecule has 0 bridgehead atoms. The number of carbonyl (C=O) groups is 1. The molecule has 1 amide bonds. The molecule has 2 aromatic carbocycles. The van der Waals surface area contributed by atoms with Crippen LogP contribution in [-0.2, 0) is 4.79 Å². The smallest absolute Gasteiger partial charge is 0.274 e. The van der Waals surface area contributed by atoms with Crippen LogP contribution in [0.25, 0.3) is 23.2 Å². The Morgan fingerprint density at radius 3 is 2.68 bits per heavy atom. The van der Waals surface area contributed by atoms with Crippen molar-refractivity contribution in [3.05, 3.63) is 84.3 Å². The van der Waals surface area contributed by atoms with Gasteiger partial charge in [0, 0.05) is 17.3 Å². The molecule has 2 heterocycles. The quantitative estimate of drug-likeness (QED) is 0.538. The van der Waals surface area contributed by atoms with Crippen LogP contribution in [0.15, 0.2) is 77.4 Å². The maximum atomic E-state index is 13.1. The van der Waals surface area contributed by atoms with E-state index in [4.69, 9.17) is 4.42 Å². The monoisotopic (exact) mass is 371 g/mol. The van der Waals surface area contributed by atoms with Gasteiger partial charge in [-0.3, -0.25) is 4.79 Å². The third-order valence-electron chi connectivity index (χ3n) is 4.06. The Hall–Kier alpha value is -4.00. The summed E-state index contributed by atoms with van der Waals surface area (Å²) in [5.74, 6) is 0.619. The van der Waals surface area contributed by atoms with Crippen molar-refractivity contribution in [1.82, 2.24) is 20.2 Å². The van der Waals surface area contributed by atoms with Crippen molar-refractivity contribution in [2.75, 3.05) is 5.32 Å². The minimum Gasteiger partial charge on any atom is -0.465 e. The Kier molecular flexibility index (Phi) is 4.79. The Bertz CT molecular complexity index is 1110. The molecule has 4 rings (SSSR count). The van der Waals surface area contributed by atoms with Crippen LogP contribution in [0, 0.1) is 6.92 Å². The predicted molar refractivity (Wildman–Crippen MR) is 106 cm³/mol. The molecule has 28 heavy (non-hydrogen) atoms. The molecule has 0 atom stereocenters. The van der Waals surface area contributed by atoms with Gasteiger partial charge in [-0.05, 0) is 47.2 Å². The van der Waals surface area contributed by atoms with E-state index in [-0.39, 0.29) is 11.6 Å². The molecule has 7 heteroatoms. The SMILES string of the molecule is Cc1cccc(NC(=O)C(=Cc2ccco2)n2nnnc2-c2ccccc2)c1. The Morgan fingerprint density at radius 1 is 1.07 bits per heavy atom. The lowest BCUT2D eigenvalue weighted by molar-refractivity contribution is -0.111. The van der Waals surface area contributed by atoms with E-state index < -0.39 is 0 Å². The Labute approximate surface area is 161 Å². The summed E-state index contributed by atoms with van der Waals surface area (Å²) in [5.41, 5.74) is 2.76. The first-order chi connectivity index (χ1) is 13.7. The molecule has 0 aliphatic carbocycles. The maximum Gasteiger partial charge on any atom is 0.274 e. The molecule has 0 radical (unpaired) electrons. The molecule has 0 unspecified atom stereocenters. The highest BCUT2D eigenvalue weighted by atomic mass is 16.3. The minimum atomic E-state index is -0.355. The molecule has 0 aliphatic heterocycles. The van der Waals surface area contributed by atoms with Crippen molar-refractivity contribution in [2.45, 2.75) is 6.92 Å². The molecule has 0 saturated carbocycles. The molecular weight excluding hydrogens is 354 g/mol. The second-order valence-corrected chi connectivity index (χ2v) is 6.15. The molecule has 4 aromatic rings. The first kappa shape index (κ1) is 17.4. The second-order valence-electron chi connectivity index (χ2n) is 6.15. The number of hydrogen-bond acceptors (Lipinski definition) is 5. The largest absolute Gasteiger partial charge is 0.465 e. The number of tetrazole rings is 1. The molecular formula is C21H17N5O2. The van der Waals surface area contributed by atoms with Crippen molar-refractivity contribution >= 4 is 23.4 Å². The molecule has 0 fully saturated rings. The summed E-state index contributed by atoms with van der Waals surface area (Å²) in [4.78, 5) is 13.1. The summed E-state index contributed by atoms with van der Waals surface area (Å²) in [6.45, 7) is 1.96. The minimum absolute atomic E-state index is 0.236. The zero-order valence-electron chi connectivity index (χ0n) is 15.1. The lowest BCUT2D eigenvalue weighted by atomic mass is 10.2. The van der Waals surface area contributed by atoms with Crippen LogP contribution in [0.1, 0.15) is 11.3 Å². The molecule has 7 nitrogen and oxygen atoms in total. The Morgan fingerprint density at radius 2 is 1.93 bits per heavy atom. The summed E-state index contributed by atoms with van der Waals surface area (Å²) in [5, 5.41) is 14.8. The third-order valence-corrected chi connectivity index (χ3v) is 4.06. The van der Waals surface area contributed by atoms with E-state index in [1.807, 2.05) is 61.5 Å². The molecule has 2 aromatic heterocycles. The highest BCUT2D eigenvalue weighted by molar-refractivity contribution is 6.24. The number of carbonyl (C=O) groups excluding carboxylic acids is 1. The standard InChI is InChI=1S/C21H17N5O2/c1-15-7-5-10-17(13-15)22-21(27)19(14-18-11-6-12-28-18)26-20(23-24-25-26)16-8-3-2-4-9-16/h2-14H,1H3,(H,22,27). The lowest BCUT2D eigenvalue weighted by Crippen LogP contribution is -2.19. The van der Waals surface area contributed by atoms with E-state index in [9.17, 15) is 4.79 Å².